The largest absolute Gasteiger partial charge is 0.481 e. The van der Waals surface area contributed by atoms with Gasteiger partial charge in [0.25, 0.3) is 0 Å². The first-order valence-corrected chi connectivity index (χ1v) is 9.48. The van der Waals surface area contributed by atoms with Crippen LogP contribution in [0.3, 0.4) is 0 Å². The van der Waals surface area contributed by atoms with E-state index in [-0.39, 0.29) is 54.6 Å². The number of hydrogen-bond acceptors (Lipinski definition) is 4. The van der Waals surface area contributed by atoms with Crippen LogP contribution in [0.15, 0.2) is 0 Å². The minimum Gasteiger partial charge on any atom is -0.481 e. The fourth-order valence-corrected chi connectivity index (χ4v) is 2.57. The van der Waals surface area contributed by atoms with Crippen molar-refractivity contribution in [3.8, 4) is 0 Å². The molecule has 0 atom stereocenters. The van der Waals surface area contributed by atoms with Crippen LogP contribution in [-0.4, -0.2) is 46.1 Å². The number of nitrogens with zero attached hydrogens (tertiary/aromatic N) is 1. The maximum atomic E-state index is 12.2. The number of nitrogens with two attached hydrogens (primary N) is 2. The number of unbranched alkanes of at least 4 members (excludes halogenated alkanes) is 4. The number of carboxylic acids is 1. The lowest BCUT2D eigenvalue weighted by molar-refractivity contribution is -0.141. The molecule has 0 rings (SSSR count). The van der Waals surface area contributed by atoms with Gasteiger partial charge in [-0.05, 0) is 47.0 Å². The summed E-state index contributed by atoms with van der Waals surface area (Å²) >= 11 is 0. The molecule has 0 radical (unpaired) electrons. The van der Waals surface area contributed by atoms with Gasteiger partial charge in [0.05, 0.1) is 6.42 Å². The van der Waals surface area contributed by atoms with E-state index in [9.17, 15) is 9.59 Å². The second-order valence-corrected chi connectivity index (χ2v) is 8.52. The molecule has 0 aliphatic carbocycles. The Balaban J connectivity index is -0.00000288. The number of hydrogen-bond donors (Lipinski definition) is 3. The highest BCUT2D eigenvalue weighted by atomic mass is 35.5. The van der Waals surface area contributed by atoms with Crippen molar-refractivity contribution in [1.29, 1.82) is 0 Å². The van der Waals surface area contributed by atoms with Gasteiger partial charge in [-0.1, -0.05) is 25.7 Å². The van der Waals surface area contributed by atoms with Gasteiger partial charge in [0.15, 0.2) is 0 Å². The standard InChI is InChI=1S/C19H39N3O3.2ClH/c1-18(2,20)12-8-6-5-7-9-14-22(15-13-19(3,4)21)16(23)10-11-17(24)25;;/h5-15,20-21H2,1-4H3,(H,24,25);2*1H. The molecule has 0 bridgehead atoms. The van der Waals surface area contributed by atoms with Crippen LogP contribution in [0.1, 0.15) is 85.5 Å². The van der Waals surface area contributed by atoms with E-state index in [0.717, 1.165) is 38.5 Å². The van der Waals surface area contributed by atoms with Gasteiger partial charge in [-0.15, -0.1) is 24.8 Å². The monoisotopic (exact) mass is 429 g/mol. The van der Waals surface area contributed by atoms with Crippen molar-refractivity contribution in [3.63, 3.8) is 0 Å². The summed E-state index contributed by atoms with van der Waals surface area (Å²) in [6.45, 7) is 9.23. The molecule has 0 unspecified atom stereocenters. The van der Waals surface area contributed by atoms with Crippen LogP contribution in [0.2, 0.25) is 0 Å². The summed E-state index contributed by atoms with van der Waals surface area (Å²) in [5.74, 6) is -1.02. The lowest BCUT2D eigenvalue weighted by Gasteiger charge is -2.27. The molecule has 0 aromatic rings. The van der Waals surface area contributed by atoms with Gasteiger partial charge in [0.1, 0.15) is 0 Å². The minimum atomic E-state index is -0.935. The highest BCUT2D eigenvalue weighted by Gasteiger charge is 2.18. The van der Waals surface area contributed by atoms with Crippen LogP contribution >= 0.6 is 24.8 Å². The molecule has 6 nitrogen and oxygen atoms in total. The fourth-order valence-electron chi connectivity index (χ4n) is 2.57. The van der Waals surface area contributed by atoms with Gasteiger partial charge in [-0.2, -0.15) is 0 Å². The van der Waals surface area contributed by atoms with Crippen molar-refractivity contribution < 1.29 is 14.7 Å². The first-order valence-electron chi connectivity index (χ1n) is 9.48. The van der Waals surface area contributed by atoms with Gasteiger partial charge in [0.2, 0.25) is 5.91 Å². The Labute approximate surface area is 177 Å². The van der Waals surface area contributed by atoms with Gasteiger partial charge in [-0.25, -0.2) is 0 Å². The Morgan fingerprint density at radius 3 is 1.74 bits per heavy atom. The number of carbonyl (C=O) groups is 2. The van der Waals surface area contributed by atoms with Crippen molar-refractivity contribution in [2.24, 2.45) is 11.5 Å². The summed E-state index contributed by atoms with van der Waals surface area (Å²) in [5, 5.41) is 8.76. The average Bonchev–Trinajstić information content (AvgIpc) is 2.44. The molecule has 0 saturated carbocycles. The van der Waals surface area contributed by atoms with Crippen LogP contribution in [0, 0.1) is 0 Å². The molecular weight excluding hydrogens is 389 g/mol. The van der Waals surface area contributed by atoms with E-state index in [2.05, 4.69) is 0 Å². The molecule has 164 valence electrons. The van der Waals surface area contributed by atoms with Crippen LogP contribution in [0.25, 0.3) is 0 Å². The Morgan fingerprint density at radius 2 is 1.26 bits per heavy atom. The Morgan fingerprint density at radius 1 is 0.778 bits per heavy atom. The van der Waals surface area contributed by atoms with Gasteiger partial charge in [0, 0.05) is 30.6 Å². The lowest BCUT2D eigenvalue weighted by Crippen LogP contribution is -2.40. The highest BCUT2D eigenvalue weighted by molar-refractivity contribution is 5.85. The predicted molar refractivity (Wildman–Crippen MR) is 117 cm³/mol. The molecule has 5 N–H and O–H groups in total. The zero-order chi connectivity index (χ0) is 19.5. The molecule has 0 fully saturated rings. The Kier molecular flexibility index (Phi) is 17.7. The maximum absolute atomic E-state index is 12.2. The number of halogens is 2. The van der Waals surface area contributed by atoms with Crippen molar-refractivity contribution in [3.05, 3.63) is 0 Å². The third-order valence-electron chi connectivity index (χ3n) is 4.18. The van der Waals surface area contributed by atoms with E-state index in [1.54, 1.807) is 4.90 Å². The van der Waals surface area contributed by atoms with E-state index in [1.165, 1.54) is 0 Å². The van der Waals surface area contributed by atoms with E-state index in [0.29, 0.717) is 19.5 Å². The summed E-state index contributed by atoms with van der Waals surface area (Å²) in [7, 11) is 0. The number of carboxylic acid groups (broad SMARTS) is 1. The van der Waals surface area contributed by atoms with Crippen molar-refractivity contribution in [2.75, 3.05) is 13.1 Å². The average molecular weight is 430 g/mol. The first kappa shape index (κ1) is 31.1. The molecule has 1 amide bonds. The van der Waals surface area contributed by atoms with E-state index < -0.39 is 5.97 Å². The summed E-state index contributed by atoms with van der Waals surface area (Å²) in [6.07, 6.45) is 7.11. The number of amides is 1. The SMILES string of the molecule is CC(C)(N)CCCCCCCN(CCC(C)(C)N)C(=O)CCC(=O)O.Cl.Cl. The smallest absolute Gasteiger partial charge is 0.303 e. The van der Waals surface area contributed by atoms with Gasteiger partial charge in [-0.3, -0.25) is 9.59 Å². The maximum Gasteiger partial charge on any atom is 0.303 e. The second kappa shape index (κ2) is 15.4. The quantitative estimate of drug-likeness (QED) is 0.364. The van der Waals surface area contributed by atoms with Gasteiger partial charge >= 0.3 is 5.97 Å². The zero-order valence-corrected chi connectivity index (χ0v) is 19.1. The van der Waals surface area contributed by atoms with Crippen LogP contribution < -0.4 is 11.5 Å². The normalized spacial score (nSPS) is 11.3. The predicted octanol–water partition coefficient (Wildman–Crippen LogP) is 3.73. The molecule has 27 heavy (non-hydrogen) atoms. The number of rotatable bonds is 14. The second-order valence-electron chi connectivity index (χ2n) is 8.52. The third kappa shape index (κ3) is 21.6. The van der Waals surface area contributed by atoms with E-state index in [4.69, 9.17) is 16.6 Å². The minimum absolute atomic E-state index is 0. The summed E-state index contributed by atoms with van der Waals surface area (Å²) < 4.78 is 0. The highest BCUT2D eigenvalue weighted by Crippen LogP contribution is 2.13. The molecule has 0 aromatic carbocycles. The topological polar surface area (TPSA) is 110 Å². The Bertz CT molecular complexity index is 408. The molecule has 8 heteroatoms. The van der Waals surface area contributed by atoms with Crippen molar-refractivity contribution in [1.82, 2.24) is 4.90 Å². The van der Waals surface area contributed by atoms with Gasteiger partial charge < -0.3 is 21.5 Å². The summed E-state index contributed by atoms with van der Waals surface area (Å²) in [6, 6.07) is 0. The van der Waals surface area contributed by atoms with E-state index in [1.807, 2.05) is 27.7 Å². The molecule has 0 aliphatic rings. The number of carbonyl (C=O) groups excluding carboxylic acids is 1. The molecule has 0 aromatic heterocycles. The van der Waals surface area contributed by atoms with Crippen molar-refractivity contribution in [2.45, 2.75) is 96.6 Å². The summed E-state index contributed by atoms with van der Waals surface area (Å²) in [4.78, 5) is 24.7. The first-order chi connectivity index (χ1) is 11.4. The van der Waals surface area contributed by atoms with E-state index >= 15 is 0 Å². The van der Waals surface area contributed by atoms with Crippen LogP contribution in [0.4, 0.5) is 0 Å². The molecular formula is C19H41Cl2N3O3. The fraction of sp³-hybridized carbons (Fsp3) is 0.895. The molecule has 0 heterocycles. The summed E-state index contributed by atoms with van der Waals surface area (Å²) in [5.41, 5.74) is 11.6. The van der Waals surface area contributed by atoms with Crippen LogP contribution in [0.5, 0.6) is 0 Å². The van der Waals surface area contributed by atoms with Crippen molar-refractivity contribution >= 4 is 36.7 Å². The molecule has 0 spiro atoms. The zero-order valence-electron chi connectivity index (χ0n) is 17.5. The Hall–Kier alpha value is -0.560. The lowest BCUT2D eigenvalue weighted by atomic mass is 9.97. The molecule has 0 aliphatic heterocycles. The van der Waals surface area contributed by atoms with Crippen LogP contribution in [-0.2, 0) is 9.59 Å². The number of aliphatic carboxylic acids is 1. The molecule has 0 saturated heterocycles. The third-order valence-corrected chi connectivity index (χ3v) is 4.18.